The van der Waals surface area contributed by atoms with E-state index in [-0.39, 0.29) is 0 Å². The van der Waals surface area contributed by atoms with Crippen molar-refractivity contribution in [3.63, 3.8) is 0 Å². The molecule has 1 aromatic heterocycles. The van der Waals surface area contributed by atoms with E-state index in [9.17, 15) is 0 Å². The average molecular weight is 340 g/mol. The van der Waals surface area contributed by atoms with Crippen molar-refractivity contribution in [1.82, 2.24) is 5.16 Å². The first-order valence-corrected chi connectivity index (χ1v) is 6.91. The Labute approximate surface area is 114 Å². The molecule has 0 saturated carbocycles. The van der Waals surface area contributed by atoms with E-state index in [1.165, 1.54) is 22.0 Å². The molecule has 0 atom stereocenters. The highest BCUT2D eigenvalue weighted by atomic mass is 127. The number of nitrogens with one attached hydrogen (secondary N) is 1. The van der Waals surface area contributed by atoms with Gasteiger partial charge in [0.15, 0.2) is 0 Å². The SMILES string of the molecule is Ic1ccc(-c2noc3c2CCCCN3)cc1. The largest absolute Gasteiger partial charge is 0.354 e. The second-order valence-corrected chi connectivity index (χ2v) is 5.48. The van der Waals surface area contributed by atoms with Gasteiger partial charge in [0.1, 0.15) is 5.69 Å². The van der Waals surface area contributed by atoms with Crippen molar-refractivity contribution in [2.45, 2.75) is 19.3 Å². The summed E-state index contributed by atoms with van der Waals surface area (Å²) >= 11 is 2.31. The van der Waals surface area contributed by atoms with Crippen LogP contribution in [0.15, 0.2) is 28.8 Å². The van der Waals surface area contributed by atoms with Crippen LogP contribution < -0.4 is 5.32 Å². The Morgan fingerprint density at radius 1 is 1.18 bits per heavy atom. The minimum absolute atomic E-state index is 0.857. The lowest BCUT2D eigenvalue weighted by Crippen LogP contribution is -1.97. The van der Waals surface area contributed by atoms with E-state index in [4.69, 9.17) is 4.52 Å². The maximum Gasteiger partial charge on any atom is 0.228 e. The minimum Gasteiger partial charge on any atom is -0.354 e. The molecular formula is C13H13IN2O. The van der Waals surface area contributed by atoms with Crippen LogP contribution in [0.25, 0.3) is 11.3 Å². The Bertz CT molecular complexity index is 519. The third-order valence-electron chi connectivity index (χ3n) is 3.04. The molecule has 4 heteroatoms. The molecule has 0 radical (unpaired) electrons. The van der Waals surface area contributed by atoms with Crippen LogP contribution in [-0.4, -0.2) is 11.7 Å². The first-order valence-electron chi connectivity index (χ1n) is 5.83. The highest BCUT2D eigenvalue weighted by molar-refractivity contribution is 14.1. The van der Waals surface area contributed by atoms with Gasteiger partial charge in [0.25, 0.3) is 0 Å². The lowest BCUT2D eigenvalue weighted by atomic mass is 10.0. The fourth-order valence-corrected chi connectivity index (χ4v) is 2.50. The first kappa shape index (κ1) is 11.1. The topological polar surface area (TPSA) is 38.1 Å². The standard InChI is InChI=1S/C13H13IN2O/c14-10-6-4-9(5-7-10)12-11-3-1-2-8-15-13(11)17-16-12/h4-7,15H,1-3,8H2. The number of anilines is 1. The van der Waals surface area contributed by atoms with Crippen molar-refractivity contribution < 1.29 is 4.52 Å². The van der Waals surface area contributed by atoms with Gasteiger partial charge in [0.2, 0.25) is 5.88 Å². The van der Waals surface area contributed by atoms with Crippen LogP contribution in [0, 0.1) is 3.57 Å². The van der Waals surface area contributed by atoms with Gasteiger partial charge in [-0.05, 0) is 54.0 Å². The van der Waals surface area contributed by atoms with Crippen LogP contribution in [0.1, 0.15) is 18.4 Å². The maximum atomic E-state index is 5.39. The third-order valence-corrected chi connectivity index (χ3v) is 3.76. The van der Waals surface area contributed by atoms with Crippen LogP contribution in [-0.2, 0) is 6.42 Å². The molecule has 1 aliphatic heterocycles. The number of benzene rings is 1. The highest BCUT2D eigenvalue weighted by Gasteiger charge is 2.18. The predicted molar refractivity (Wildman–Crippen MR) is 76.1 cm³/mol. The third kappa shape index (κ3) is 2.18. The van der Waals surface area contributed by atoms with Crippen molar-refractivity contribution in [3.05, 3.63) is 33.4 Å². The van der Waals surface area contributed by atoms with E-state index in [0.29, 0.717) is 0 Å². The van der Waals surface area contributed by atoms with Gasteiger partial charge in [-0.15, -0.1) is 0 Å². The fraction of sp³-hybridized carbons (Fsp3) is 0.308. The summed E-state index contributed by atoms with van der Waals surface area (Å²) in [6.07, 6.45) is 3.43. The summed E-state index contributed by atoms with van der Waals surface area (Å²) in [4.78, 5) is 0. The lowest BCUT2D eigenvalue weighted by molar-refractivity contribution is 0.434. The Balaban J connectivity index is 2.03. The second kappa shape index (κ2) is 4.68. The number of rotatable bonds is 1. The average Bonchev–Trinajstić information content (AvgIpc) is 2.60. The number of hydrogen-bond donors (Lipinski definition) is 1. The molecule has 1 aliphatic rings. The van der Waals surface area contributed by atoms with Crippen molar-refractivity contribution >= 4 is 28.5 Å². The molecule has 1 aromatic carbocycles. The van der Waals surface area contributed by atoms with E-state index >= 15 is 0 Å². The van der Waals surface area contributed by atoms with Crippen LogP contribution in [0.2, 0.25) is 0 Å². The van der Waals surface area contributed by atoms with E-state index in [1.807, 2.05) is 0 Å². The maximum absolute atomic E-state index is 5.39. The minimum atomic E-state index is 0.857. The molecule has 3 nitrogen and oxygen atoms in total. The van der Waals surface area contributed by atoms with Gasteiger partial charge in [-0.1, -0.05) is 17.3 Å². The number of nitrogens with zero attached hydrogens (tertiary/aromatic N) is 1. The smallest absolute Gasteiger partial charge is 0.228 e. The number of halogens is 1. The zero-order valence-electron chi connectivity index (χ0n) is 9.37. The van der Waals surface area contributed by atoms with E-state index < -0.39 is 0 Å². The Kier molecular flexibility index (Phi) is 3.05. The van der Waals surface area contributed by atoms with Crippen molar-refractivity contribution in [1.29, 1.82) is 0 Å². The molecule has 2 aromatic rings. The summed E-state index contributed by atoms with van der Waals surface area (Å²) in [5.74, 6) is 0.857. The van der Waals surface area contributed by atoms with Crippen LogP contribution in [0.4, 0.5) is 5.88 Å². The molecule has 0 aliphatic carbocycles. The Hall–Kier alpha value is -1.04. The van der Waals surface area contributed by atoms with Crippen molar-refractivity contribution in [2.24, 2.45) is 0 Å². The Morgan fingerprint density at radius 2 is 2.00 bits per heavy atom. The van der Waals surface area contributed by atoms with Crippen LogP contribution in [0.5, 0.6) is 0 Å². The quantitative estimate of drug-likeness (QED) is 0.805. The number of hydrogen-bond acceptors (Lipinski definition) is 3. The molecule has 3 rings (SSSR count). The lowest BCUT2D eigenvalue weighted by Gasteiger charge is -2.00. The molecule has 0 unspecified atom stereocenters. The van der Waals surface area contributed by atoms with Gasteiger partial charge in [-0.2, -0.15) is 0 Å². The summed E-state index contributed by atoms with van der Waals surface area (Å²) in [6.45, 7) is 0.980. The molecule has 0 spiro atoms. The monoisotopic (exact) mass is 340 g/mol. The van der Waals surface area contributed by atoms with Gasteiger partial charge in [-0.3, -0.25) is 0 Å². The molecule has 0 bridgehead atoms. The van der Waals surface area contributed by atoms with Crippen molar-refractivity contribution in [2.75, 3.05) is 11.9 Å². The summed E-state index contributed by atoms with van der Waals surface area (Å²) in [5, 5.41) is 7.50. The summed E-state index contributed by atoms with van der Waals surface area (Å²) in [5.41, 5.74) is 3.36. The molecule has 88 valence electrons. The zero-order valence-corrected chi connectivity index (χ0v) is 11.5. The predicted octanol–water partition coefficient (Wildman–Crippen LogP) is 3.69. The van der Waals surface area contributed by atoms with Gasteiger partial charge < -0.3 is 9.84 Å². The Morgan fingerprint density at radius 3 is 2.82 bits per heavy atom. The van der Waals surface area contributed by atoms with Crippen LogP contribution >= 0.6 is 22.6 Å². The van der Waals surface area contributed by atoms with Crippen molar-refractivity contribution in [3.8, 4) is 11.3 Å². The van der Waals surface area contributed by atoms with Gasteiger partial charge >= 0.3 is 0 Å². The fourth-order valence-electron chi connectivity index (χ4n) is 2.14. The normalized spacial score (nSPS) is 14.9. The summed E-state index contributed by atoms with van der Waals surface area (Å²) < 4.78 is 6.62. The first-order chi connectivity index (χ1) is 8.34. The highest BCUT2D eigenvalue weighted by Crippen LogP contribution is 2.31. The van der Waals surface area contributed by atoms with Crippen LogP contribution in [0.3, 0.4) is 0 Å². The number of aromatic nitrogens is 1. The molecule has 2 heterocycles. The second-order valence-electron chi connectivity index (χ2n) is 4.23. The molecule has 0 amide bonds. The van der Waals surface area contributed by atoms with E-state index in [0.717, 1.165) is 30.1 Å². The summed E-state index contributed by atoms with van der Waals surface area (Å²) in [6, 6.07) is 8.40. The zero-order chi connectivity index (χ0) is 11.7. The van der Waals surface area contributed by atoms with E-state index in [2.05, 4.69) is 57.3 Å². The number of fused-ring (bicyclic) bond motifs is 1. The van der Waals surface area contributed by atoms with E-state index in [1.54, 1.807) is 0 Å². The van der Waals surface area contributed by atoms with Gasteiger partial charge in [0.05, 0.1) is 0 Å². The van der Waals surface area contributed by atoms with Gasteiger partial charge in [0, 0.05) is 21.2 Å². The molecule has 0 saturated heterocycles. The molecular weight excluding hydrogens is 327 g/mol. The summed E-state index contributed by atoms with van der Waals surface area (Å²) in [7, 11) is 0. The molecule has 17 heavy (non-hydrogen) atoms. The molecule has 1 N–H and O–H groups in total. The van der Waals surface area contributed by atoms with Gasteiger partial charge in [-0.25, -0.2) is 0 Å². The molecule has 0 fully saturated rings.